The Labute approximate surface area is 108 Å². The van der Waals surface area contributed by atoms with Crippen LogP contribution in [0.2, 0.25) is 0 Å². The van der Waals surface area contributed by atoms with Gasteiger partial charge in [-0.25, -0.2) is 0 Å². The van der Waals surface area contributed by atoms with E-state index in [0.29, 0.717) is 6.61 Å². The molecule has 1 aliphatic rings. The van der Waals surface area contributed by atoms with Crippen molar-refractivity contribution in [1.82, 2.24) is 0 Å². The summed E-state index contributed by atoms with van der Waals surface area (Å²) in [7, 11) is 1.81. The van der Waals surface area contributed by atoms with Gasteiger partial charge in [0.2, 0.25) is 5.91 Å². The molecule has 1 aliphatic carbocycles. The van der Waals surface area contributed by atoms with Gasteiger partial charge in [0.15, 0.2) is 0 Å². The van der Waals surface area contributed by atoms with Crippen molar-refractivity contribution in [3.63, 3.8) is 0 Å². The predicted octanol–water partition coefficient (Wildman–Crippen LogP) is 1.79. The maximum atomic E-state index is 12.1. The van der Waals surface area contributed by atoms with Crippen LogP contribution in [0.4, 0.5) is 5.69 Å². The van der Waals surface area contributed by atoms with Crippen molar-refractivity contribution >= 4 is 11.6 Å². The van der Waals surface area contributed by atoms with Crippen molar-refractivity contribution in [2.24, 2.45) is 11.7 Å². The Hall–Kier alpha value is -1.55. The van der Waals surface area contributed by atoms with Crippen molar-refractivity contribution in [1.29, 1.82) is 0 Å². The highest BCUT2D eigenvalue weighted by atomic mass is 16.5. The second-order valence-corrected chi connectivity index (χ2v) is 4.75. The molecule has 1 fully saturated rings. The van der Waals surface area contributed by atoms with Gasteiger partial charge in [-0.15, -0.1) is 0 Å². The molecule has 2 N–H and O–H groups in total. The minimum absolute atomic E-state index is 0.0940. The zero-order valence-electron chi connectivity index (χ0n) is 10.9. The van der Waals surface area contributed by atoms with Crippen molar-refractivity contribution in [3.8, 4) is 5.75 Å². The summed E-state index contributed by atoms with van der Waals surface area (Å²) in [5, 5.41) is 0. The summed E-state index contributed by atoms with van der Waals surface area (Å²) in [4.78, 5) is 13.8. The average Bonchev–Trinajstić information content (AvgIpc) is 2.35. The first-order chi connectivity index (χ1) is 8.61. The molecule has 0 aliphatic heterocycles. The van der Waals surface area contributed by atoms with E-state index in [9.17, 15) is 4.79 Å². The third-order valence-electron chi connectivity index (χ3n) is 3.39. The standard InChI is InChI=1S/C14H20N2O2/c1-3-18-13-6-4-12(5-7-13)16(2)14(17)10-8-11(15)9-10/h4-7,10-11H,3,8-9,15H2,1-2H3. The minimum atomic E-state index is 0.0940. The van der Waals surface area contributed by atoms with Crippen molar-refractivity contribution < 1.29 is 9.53 Å². The molecule has 1 aromatic carbocycles. The smallest absolute Gasteiger partial charge is 0.229 e. The fourth-order valence-electron chi connectivity index (χ4n) is 2.20. The maximum absolute atomic E-state index is 12.1. The lowest BCUT2D eigenvalue weighted by molar-refractivity contribution is -0.124. The fourth-order valence-corrected chi connectivity index (χ4v) is 2.20. The Kier molecular flexibility index (Phi) is 3.87. The van der Waals surface area contributed by atoms with Crippen LogP contribution in [0.3, 0.4) is 0 Å². The molecule has 0 atom stereocenters. The predicted molar refractivity (Wildman–Crippen MR) is 71.7 cm³/mol. The molecule has 1 amide bonds. The molecule has 0 heterocycles. The number of benzene rings is 1. The van der Waals surface area contributed by atoms with E-state index < -0.39 is 0 Å². The number of anilines is 1. The molecule has 1 aromatic rings. The van der Waals surface area contributed by atoms with Gasteiger partial charge in [-0.3, -0.25) is 4.79 Å². The normalized spacial score (nSPS) is 22.2. The number of rotatable bonds is 4. The lowest BCUT2D eigenvalue weighted by Gasteiger charge is -2.34. The molecule has 0 saturated heterocycles. The number of carbonyl (C=O) groups is 1. The Morgan fingerprint density at radius 3 is 2.50 bits per heavy atom. The first kappa shape index (κ1) is 12.9. The van der Waals surface area contributed by atoms with Gasteiger partial charge in [0.25, 0.3) is 0 Å². The molecule has 0 radical (unpaired) electrons. The Bertz CT molecular complexity index is 410. The number of hydrogen-bond donors (Lipinski definition) is 1. The topological polar surface area (TPSA) is 55.6 Å². The first-order valence-corrected chi connectivity index (χ1v) is 6.37. The van der Waals surface area contributed by atoms with Crippen LogP contribution in [0.1, 0.15) is 19.8 Å². The van der Waals surface area contributed by atoms with E-state index in [1.165, 1.54) is 0 Å². The van der Waals surface area contributed by atoms with Crippen molar-refractivity contribution in [2.45, 2.75) is 25.8 Å². The molecular weight excluding hydrogens is 228 g/mol. The van der Waals surface area contributed by atoms with Gasteiger partial charge in [-0.1, -0.05) is 0 Å². The second-order valence-electron chi connectivity index (χ2n) is 4.75. The first-order valence-electron chi connectivity index (χ1n) is 6.37. The summed E-state index contributed by atoms with van der Waals surface area (Å²) in [6.07, 6.45) is 1.61. The number of ether oxygens (including phenoxy) is 1. The van der Waals surface area contributed by atoms with E-state index in [4.69, 9.17) is 10.5 Å². The third-order valence-corrected chi connectivity index (χ3v) is 3.39. The van der Waals surface area contributed by atoms with Gasteiger partial charge in [0, 0.05) is 24.7 Å². The van der Waals surface area contributed by atoms with E-state index in [1.807, 2.05) is 38.2 Å². The number of nitrogens with zero attached hydrogens (tertiary/aromatic N) is 1. The SMILES string of the molecule is CCOc1ccc(N(C)C(=O)C2CC(N)C2)cc1. The van der Waals surface area contributed by atoms with Gasteiger partial charge in [0.1, 0.15) is 5.75 Å². The monoisotopic (exact) mass is 248 g/mol. The molecule has 0 bridgehead atoms. The third kappa shape index (κ3) is 2.64. The quantitative estimate of drug-likeness (QED) is 0.883. The molecule has 4 heteroatoms. The lowest BCUT2D eigenvalue weighted by Crippen LogP contribution is -2.45. The molecule has 98 valence electrons. The van der Waals surface area contributed by atoms with E-state index in [0.717, 1.165) is 24.3 Å². The highest BCUT2D eigenvalue weighted by Gasteiger charge is 2.34. The van der Waals surface area contributed by atoms with Crippen molar-refractivity contribution in [2.75, 3.05) is 18.6 Å². The van der Waals surface area contributed by atoms with E-state index in [1.54, 1.807) is 4.90 Å². The van der Waals surface area contributed by atoms with Crippen LogP contribution < -0.4 is 15.4 Å². The lowest BCUT2D eigenvalue weighted by atomic mass is 9.80. The Balaban J connectivity index is 1.99. The molecule has 18 heavy (non-hydrogen) atoms. The molecule has 4 nitrogen and oxygen atoms in total. The zero-order valence-corrected chi connectivity index (χ0v) is 10.9. The maximum Gasteiger partial charge on any atom is 0.229 e. The van der Waals surface area contributed by atoms with E-state index in [2.05, 4.69) is 0 Å². The Morgan fingerprint density at radius 2 is 2.00 bits per heavy atom. The molecule has 0 aromatic heterocycles. The van der Waals surface area contributed by atoms with Crippen LogP contribution in [-0.2, 0) is 4.79 Å². The van der Waals surface area contributed by atoms with Crippen LogP contribution in [0.5, 0.6) is 5.75 Å². The Morgan fingerprint density at radius 1 is 1.39 bits per heavy atom. The van der Waals surface area contributed by atoms with Gasteiger partial charge in [0.05, 0.1) is 6.61 Å². The van der Waals surface area contributed by atoms with Crippen molar-refractivity contribution in [3.05, 3.63) is 24.3 Å². The minimum Gasteiger partial charge on any atom is -0.494 e. The summed E-state index contributed by atoms with van der Waals surface area (Å²) < 4.78 is 5.37. The summed E-state index contributed by atoms with van der Waals surface area (Å²) in [6.45, 7) is 2.59. The number of carbonyl (C=O) groups excluding carboxylic acids is 1. The number of amides is 1. The largest absolute Gasteiger partial charge is 0.494 e. The summed E-state index contributed by atoms with van der Waals surface area (Å²) in [6, 6.07) is 7.78. The van der Waals surface area contributed by atoms with Crippen LogP contribution in [0.25, 0.3) is 0 Å². The molecule has 1 saturated carbocycles. The molecule has 2 rings (SSSR count). The molecule has 0 spiro atoms. The summed E-state index contributed by atoms with van der Waals surface area (Å²) in [5.41, 5.74) is 6.60. The summed E-state index contributed by atoms with van der Waals surface area (Å²) in [5.74, 6) is 1.07. The molecular formula is C14H20N2O2. The summed E-state index contributed by atoms with van der Waals surface area (Å²) >= 11 is 0. The van der Waals surface area contributed by atoms with E-state index >= 15 is 0 Å². The molecule has 0 unspecified atom stereocenters. The van der Waals surface area contributed by atoms with Gasteiger partial charge < -0.3 is 15.4 Å². The number of hydrogen-bond acceptors (Lipinski definition) is 3. The van der Waals surface area contributed by atoms with Crippen LogP contribution >= 0.6 is 0 Å². The van der Waals surface area contributed by atoms with Gasteiger partial charge in [-0.2, -0.15) is 0 Å². The fraction of sp³-hybridized carbons (Fsp3) is 0.500. The van der Waals surface area contributed by atoms with Gasteiger partial charge >= 0.3 is 0 Å². The highest BCUT2D eigenvalue weighted by molar-refractivity contribution is 5.95. The second kappa shape index (κ2) is 5.40. The zero-order chi connectivity index (χ0) is 13.1. The highest BCUT2D eigenvalue weighted by Crippen LogP contribution is 2.29. The number of nitrogens with two attached hydrogens (primary N) is 1. The van der Waals surface area contributed by atoms with Crippen LogP contribution in [0.15, 0.2) is 24.3 Å². The van der Waals surface area contributed by atoms with E-state index in [-0.39, 0.29) is 17.9 Å². The average molecular weight is 248 g/mol. The van der Waals surface area contributed by atoms with Crippen LogP contribution in [-0.4, -0.2) is 25.6 Å². The van der Waals surface area contributed by atoms with Crippen LogP contribution in [0, 0.1) is 5.92 Å². The van der Waals surface area contributed by atoms with Gasteiger partial charge in [-0.05, 0) is 44.0 Å².